The number of hydrogen-bond donors (Lipinski definition) is 1. The maximum atomic E-state index is 12.4. The summed E-state index contributed by atoms with van der Waals surface area (Å²) < 4.78 is 41.4. The second kappa shape index (κ2) is 3.44. The van der Waals surface area contributed by atoms with Crippen molar-refractivity contribution in [2.24, 2.45) is 0 Å². The monoisotopic (exact) mass is 178 g/mol. The number of halogens is 3. The first-order chi connectivity index (χ1) is 5.65. The lowest BCUT2D eigenvalue weighted by molar-refractivity contribution is 0.0976. The molecule has 0 aromatic heterocycles. The minimum atomic E-state index is -1.56. The second-order valence-corrected chi connectivity index (χ2v) is 1.97. The van der Waals surface area contributed by atoms with Gasteiger partial charge >= 0.3 is 0 Å². The molecule has 0 amide bonds. The van der Waals surface area contributed by atoms with Gasteiger partial charge in [-0.3, -0.25) is 0 Å². The second-order valence-electron chi connectivity index (χ2n) is 1.97. The normalized spacial score (nSPS) is 10.0. The zero-order chi connectivity index (χ0) is 9.14. The summed E-state index contributed by atoms with van der Waals surface area (Å²) in [7, 11) is 0. The number of ether oxygens (including phenoxy) is 1. The summed E-state index contributed by atoms with van der Waals surface area (Å²) in [4.78, 5) is 0. The van der Waals surface area contributed by atoms with Gasteiger partial charge in [-0.1, -0.05) is 0 Å². The zero-order valence-corrected chi connectivity index (χ0v) is 5.85. The highest BCUT2D eigenvalue weighted by Crippen LogP contribution is 2.18. The number of benzene rings is 1. The molecule has 0 radical (unpaired) electrons. The molecule has 0 atom stereocenters. The van der Waals surface area contributed by atoms with Gasteiger partial charge in [-0.25, -0.2) is 13.2 Å². The number of aliphatic hydroxyl groups excluding tert-OH is 1. The zero-order valence-electron chi connectivity index (χ0n) is 5.85. The fourth-order valence-electron chi connectivity index (χ4n) is 0.690. The highest BCUT2D eigenvalue weighted by molar-refractivity contribution is 5.24. The fraction of sp³-hybridized carbons (Fsp3) is 0.143. The summed E-state index contributed by atoms with van der Waals surface area (Å²) in [5.41, 5.74) is 0. The van der Waals surface area contributed by atoms with Crippen molar-refractivity contribution in [2.75, 3.05) is 6.79 Å². The summed E-state index contributed by atoms with van der Waals surface area (Å²) in [5.74, 6) is -4.51. The summed E-state index contributed by atoms with van der Waals surface area (Å²) in [6.45, 7) is -0.718. The molecule has 1 aromatic rings. The van der Waals surface area contributed by atoms with Crippen molar-refractivity contribution in [3.8, 4) is 5.75 Å². The minimum absolute atomic E-state index is 0.256. The third kappa shape index (κ3) is 1.68. The van der Waals surface area contributed by atoms with Gasteiger partial charge in [-0.15, -0.1) is 0 Å². The summed E-state index contributed by atoms with van der Waals surface area (Å²) in [5, 5.41) is 8.21. The lowest BCUT2D eigenvalue weighted by atomic mass is 10.3. The van der Waals surface area contributed by atoms with E-state index in [9.17, 15) is 13.2 Å². The van der Waals surface area contributed by atoms with Gasteiger partial charge in [0.15, 0.2) is 24.2 Å². The summed E-state index contributed by atoms with van der Waals surface area (Å²) >= 11 is 0. The third-order valence-electron chi connectivity index (χ3n) is 1.19. The van der Waals surface area contributed by atoms with E-state index in [0.717, 1.165) is 0 Å². The van der Waals surface area contributed by atoms with Crippen LogP contribution in [0, 0.1) is 17.5 Å². The Labute approximate surface area is 66.2 Å². The minimum Gasteiger partial charge on any atom is -0.468 e. The van der Waals surface area contributed by atoms with Gasteiger partial charge in [0.25, 0.3) is 0 Å². The number of rotatable bonds is 2. The predicted octanol–water partition coefficient (Wildman–Crippen LogP) is 1.43. The Balaban J connectivity index is 3.04. The van der Waals surface area contributed by atoms with Gasteiger partial charge in [-0.05, 0) is 0 Å². The van der Waals surface area contributed by atoms with Gasteiger partial charge in [0.2, 0.25) is 0 Å². The fourth-order valence-corrected chi connectivity index (χ4v) is 0.690. The molecule has 1 N–H and O–H groups in total. The van der Waals surface area contributed by atoms with Gasteiger partial charge < -0.3 is 9.84 Å². The number of hydrogen-bond acceptors (Lipinski definition) is 2. The van der Waals surface area contributed by atoms with Crippen molar-refractivity contribution in [2.45, 2.75) is 0 Å². The smallest absolute Gasteiger partial charge is 0.194 e. The van der Waals surface area contributed by atoms with Crippen molar-refractivity contribution in [3.05, 3.63) is 29.6 Å². The third-order valence-corrected chi connectivity index (χ3v) is 1.19. The first kappa shape index (κ1) is 8.86. The molecule has 12 heavy (non-hydrogen) atoms. The molecule has 0 aliphatic heterocycles. The SMILES string of the molecule is OCOc1cc(F)c(F)c(F)c1. The van der Waals surface area contributed by atoms with E-state index in [1.165, 1.54) is 0 Å². The van der Waals surface area contributed by atoms with E-state index in [1.807, 2.05) is 0 Å². The lowest BCUT2D eigenvalue weighted by Crippen LogP contribution is -1.98. The van der Waals surface area contributed by atoms with Crippen LogP contribution in [-0.4, -0.2) is 11.9 Å². The van der Waals surface area contributed by atoms with Crippen molar-refractivity contribution in [1.82, 2.24) is 0 Å². The van der Waals surface area contributed by atoms with Crippen LogP contribution in [0.3, 0.4) is 0 Å². The Morgan fingerprint density at radius 1 is 1.17 bits per heavy atom. The van der Waals surface area contributed by atoms with Crippen LogP contribution < -0.4 is 4.74 Å². The molecule has 1 rings (SSSR count). The Hall–Kier alpha value is -1.23. The molecule has 0 heterocycles. The summed E-state index contributed by atoms with van der Waals surface area (Å²) in [6, 6.07) is 1.29. The molecule has 0 bridgehead atoms. The first-order valence-corrected chi connectivity index (χ1v) is 3.03. The standard InChI is InChI=1S/C7H5F3O2/c8-5-1-4(12-3-11)2-6(9)7(5)10/h1-2,11H,3H2. The Morgan fingerprint density at radius 2 is 1.67 bits per heavy atom. The maximum Gasteiger partial charge on any atom is 0.194 e. The van der Waals surface area contributed by atoms with Crippen LogP contribution in [0.1, 0.15) is 0 Å². The van der Waals surface area contributed by atoms with Crippen LogP contribution >= 0.6 is 0 Å². The van der Waals surface area contributed by atoms with E-state index in [4.69, 9.17) is 5.11 Å². The summed E-state index contributed by atoms with van der Waals surface area (Å²) in [6.07, 6.45) is 0. The van der Waals surface area contributed by atoms with Crippen LogP contribution in [-0.2, 0) is 0 Å². The molecule has 0 aliphatic rings. The molecular formula is C7H5F3O2. The van der Waals surface area contributed by atoms with Crippen molar-refractivity contribution in [3.63, 3.8) is 0 Å². The average Bonchev–Trinajstić information content (AvgIpc) is 2.01. The molecule has 0 fully saturated rings. The molecule has 0 spiro atoms. The van der Waals surface area contributed by atoms with Crippen molar-refractivity contribution in [1.29, 1.82) is 0 Å². The van der Waals surface area contributed by atoms with Gasteiger partial charge in [0.1, 0.15) is 5.75 Å². The maximum absolute atomic E-state index is 12.4. The number of aliphatic hydroxyl groups is 1. The van der Waals surface area contributed by atoms with Crippen LogP contribution in [0.4, 0.5) is 13.2 Å². The Kier molecular flexibility index (Phi) is 2.54. The quantitative estimate of drug-likeness (QED) is 0.548. The van der Waals surface area contributed by atoms with Gasteiger partial charge in [0.05, 0.1) is 0 Å². The van der Waals surface area contributed by atoms with Crippen LogP contribution in [0.5, 0.6) is 5.75 Å². The van der Waals surface area contributed by atoms with Crippen LogP contribution in [0.2, 0.25) is 0 Å². The van der Waals surface area contributed by atoms with Gasteiger partial charge in [0, 0.05) is 12.1 Å². The Morgan fingerprint density at radius 3 is 2.08 bits per heavy atom. The van der Waals surface area contributed by atoms with E-state index in [0.29, 0.717) is 12.1 Å². The Bertz CT molecular complexity index is 265. The van der Waals surface area contributed by atoms with E-state index >= 15 is 0 Å². The van der Waals surface area contributed by atoms with Crippen LogP contribution in [0.15, 0.2) is 12.1 Å². The van der Waals surface area contributed by atoms with Crippen LogP contribution in [0.25, 0.3) is 0 Å². The predicted molar refractivity (Wildman–Crippen MR) is 34.0 cm³/mol. The molecule has 1 aromatic carbocycles. The highest BCUT2D eigenvalue weighted by Gasteiger charge is 2.10. The van der Waals surface area contributed by atoms with Crippen molar-refractivity contribution < 1.29 is 23.0 Å². The van der Waals surface area contributed by atoms with E-state index < -0.39 is 24.2 Å². The lowest BCUT2D eigenvalue weighted by Gasteiger charge is -2.02. The molecule has 5 heteroatoms. The molecule has 0 unspecified atom stereocenters. The van der Waals surface area contributed by atoms with Gasteiger partial charge in [-0.2, -0.15) is 0 Å². The first-order valence-electron chi connectivity index (χ1n) is 3.03. The molecule has 0 aliphatic carbocycles. The van der Waals surface area contributed by atoms with Crippen molar-refractivity contribution >= 4 is 0 Å². The van der Waals surface area contributed by atoms with E-state index in [-0.39, 0.29) is 5.75 Å². The van der Waals surface area contributed by atoms with E-state index in [2.05, 4.69) is 4.74 Å². The topological polar surface area (TPSA) is 29.5 Å². The molecule has 2 nitrogen and oxygen atoms in total. The molecule has 0 saturated carbocycles. The average molecular weight is 178 g/mol. The molecular weight excluding hydrogens is 173 g/mol. The largest absolute Gasteiger partial charge is 0.468 e. The molecule has 0 saturated heterocycles. The highest BCUT2D eigenvalue weighted by atomic mass is 19.2. The van der Waals surface area contributed by atoms with E-state index in [1.54, 1.807) is 0 Å². The molecule has 66 valence electrons.